The van der Waals surface area contributed by atoms with Gasteiger partial charge in [0, 0.05) is 43.6 Å². The van der Waals surface area contributed by atoms with E-state index in [1.54, 1.807) is 32.9 Å². The summed E-state index contributed by atoms with van der Waals surface area (Å²) in [4.78, 5) is 40.2. The fourth-order valence-corrected chi connectivity index (χ4v) is 8.84. The van der Waals surface area contributed by atoms with Gasteiger partial charge in [-0.25, -0.2) is 20.4 Å². The van der Waals surface area contributed by atoms with Gasteiger partial charge in [0.15, 0.2) is 5.79 Å². The summed E-state index contributed by atoms with van der Waals surface area (Å²) in [5.41, 5.74) is 3.33. The highest BCUT2D eigenvalue weighted by molar-refractivity contribution is 5.89. The van der Waals surface area contributed by atoms with Gasteiger partial charge in [-0.2, -0.15) is 13.2 Å². The fraction of sp³-hybridized carbons (Fsp3) is 0.612. The number of allylic oxidation sites excluding steroid dienone is 5. The lowest BCUT2D eigenvalue weighted by Crippen LogP contribution is -2.59. The van der Waals surface area contributed by atoms with Crippen molar-refractivity contribution in [1.29, 1.82) is 0 Å². The van der Waals surface area contributed by atoms with E-state index in [-0.39, 0.29) is 53.9 Å². The maximum atomic E-state index is 14.0. The van der Waals surface area contributed by atoms with Crippen LogP contribution in [0.15, 0.2) is 71.6 Å². The van der Waals surface area contributed by atoms with Gasteiger partial charge in [-0.15, -0.1) is 12.3 Å². The zero-order chi connectivity index (χ0) is 48.6. The van der Waals surface area contributed by atoms with Gasteiger partial charge < -0.3 is 38.6 Å². The number of ether oxygens (including phenoxy) is 6. The largest absolute Gasteiger partial charge is 0.490 e. The van der Waals surface area contributed by atoms with Crippen molar-refractivity contribution in [3.63, 3.8) is 0 Å². The number of rotatable bonds is 13. The molecular weight excluding hydrogens is 850 g/mol. The Kier molecular flexibility index (Phi) is 18.2. The lowest BCUT2D eigenvalue weighted by molar-refractivity contribution is -0.328. The molecule has 16 heteroatoms. The Morgan fingerprint density at radius 3 is 2.23 bits per heavy atom. The highest BCUT2D eigenvalue weighted by atomic mass is 19.4. The van der Waals surface area contributed by atoms with Gasteiger partial charge >= 0.3 is 24.1 Å². The maximum Gasteiger partial charge on any atom is 0.426 e. The van der Waals surface area contributed by atoms with E-state index in [9.17, 15) is 37.8 Å². The molecule has 4 rings (SSSR count). The van der Waals surface area contributed by atoms with Crippen molar-refractivity contribution in [3.05, 3.63) is 82.7 Å². The summed E-state index contributed by atoms with van der Waals surface area (Å²) < 4.78 is 76.8. The SMILES string of the molecule is C#CCCC(=O)O[C@@H]1[C@H](C)/C=C(C)/C=C(\OC)C(=O)O[C@H]([C@@H](C)[C@@H](O)[C@H](C)[C@@]2(O)C[C@@H](OC(=O)c3ccc(C4(C(F)(F)F)NN4)cc3)[C@H](C)[C@@H](C(C)C)O2)[C@@H](OC)/C=C/C=C(\C)C[C@@H]1C. The van der Waals surface area contributed by atoms with Crippen molar-refractivity contribution >= 4 is 17.9 Å². The molecule has 0 unspecified atom stereocenters. The molecule has 2 saturated heterocycles. The number of esters is 3. The van der Waals surface area contributed by atoms with Crippen LogP contribution in [-0.2, 0) is 43.7 Å². The Hall–Kier alpha value is -4.50. The van der Waals surface area contributed by atoms with Crippen LogP contribution in [0.1, 0.15) is 104 Å². The number of aliphatic hydroxyl groups is 2. The number of hydrogen-bond donors (Lipinski definition) is 4. The third-order valence-electron chi connectivity index (χ3n) is 12.8. The van der Waals surface area contributed by atoms with Crippen molar-refractivity contribution in [1.82, 2.24) is 10.9 Å². The van der Waals surface area contributed by atoms with Crippen LogP contribution in [0, 0.1) is 47.9 Å². The Balaban J connectivity index is 1.63. The van der Waals surface area contributed by atoms with E-state index in [0.717, 1.165) is 5.57 Å². The normalized spacial score (nSPS) is 33.2. The first-order valence-corrected chi connectivity index (χ1v) is 22.1. The van der Waals surface area contributed by atoms with E-state index >= 15 is 0 Å². The predicted molar refractivity (Wildman–Crippen MR) is 236 cm³/mol. The molecule has 0 radical (unpaired) electrons. The molecular formula is C49H67F3N2O11. The molecule has 360 valence electrons. The monoisotopic (exact) mass is 916 g/mol. The van der Waals surface area contributed by atoms with Crippen molar-refractivity contribution in [3.8, 4) is 12.3 Å². The molecule has 1 aromatic rings. The number of methoxy groups -OCH3 is 2. The lowest BCUT2D eigenvalue weighted by atomic mass is 9.76. The highest BCUT2D eigenvalue weighted by Gasteiger charge is 2.65. The molecule has 0 spiro atoms. The lowest BCUT2D eigenvalue weighted by Gasteiger charge is -2.50. The molecule has 0 bridgehead atoms. The summed E-state index contributed by atoms with van der Waals surface area (Å²) in [5, 5.41) is 24.5. The number of nitrogens with one attached hydrogen (secondary N) is 2. The number of terminal acetylenes is 1. The minimum absolute atomic E-state index is 0.00295. The topological polar surface area (TPSA) is 191 Å². The molecule has 12 atom stereocenters. The zero-order valence-electron chi connectivity index (χ0n) is 39.2. The molecule has 65 heavy (non-hydrogen) atoms. The molecule has 1 aromatic carbocycles. The van der Waals surface area contributed by atoms with Gasteiger partial charge in [0.2, 0.25) is 11.4 Å². The number of halogens is 3. The highest BCUT2D eigenvalue weighted by Crippen LogP contribution is 2.44. The molecule has 0 aliphatic carbocycles. The summed E-state index contributed by atoms with van der Waals surface area (Å²) in [6.07, 6.45) is 4.52. The van der Waals surface area contributed by atoms with E-state index in [4.69, 9.17) is 34.8 Å². The van der Waals surface area contributed by atoms with E-state index in [0.29, 0.717) is 12.0 Å². The Labute approximate surface area is 381 Å². The first-order chi connectivity index (χ1) is 30.4. The van der Waals surface area contributed by atoms with E-state index < -0.39 is 89.9 Å². The zero-order valence-corrected chi connectivity index (χ0v) is 39.2. The van der Waals surface area contributed by atoms with Crippen LogP contribution < -0.4 is 10.9 Å². The van der Waals surface area contributed by atoms with Crippen LogP contribution in [0.2, 0.25) is 0 Å². The van der Waals surface area contributed by atoms with E-state index in [2.05, 4.69) is 16.8 Å². The molecule has 4 N–H and O–H groups in total. The van der Waals surface area contributed by atoms with Crippen LogP contribution in [0.25, 0.3) is 0 Å². The predicted octanol–water partition coefficient (Wildman–Crippen LogP) is 7.34. The quantitative estimate of drug-likeness (QED) is 0.0666. The Bertz CT molecular complexity index is 1990. The van der Waals surface area contributed by atoms with Crippen molar-refractivity contribution in [2.24, 2.45) is 35.5 Å². The number of alkyl halides is 3. The third-order valence-corrected chi connectivity index (χ3v) is 12.8. The van der Waals surface area contributed by atoms with Gasteiger partial charge in [0.25, 0.3) is 0 Å². The van der Waals surface area contributed by atoms with Crippen molar-refractivity contribution in [2.45, 2.75) is 142 Å². The number of carbonyl (C=O) groups is 3. The Morgan fingerprint density at radius 1 is 1.03 bits per heavy atom. The molecule has 3 heterocycles. The van der Waals surface area contributed by atoms with Gasteiger partial charge in [-0.3, -0.25) is 4.79 Å². The van der Waals surface area contributed by atoms with E-state index in [1.807, 2.05) is 53.7 Å². The summed E-state index contributed by atoms with van der Waals surface area (Å²) >= 11 is 0. The summed E-state index contributed by atoms with van der Waals surface area (Å²) in [6, 6.07) is 4.85. The second kappa shape index (κ2) is 22.3. The summed E-state index contributed by atoms with van der Waals surface area (Å²) in [6.45, 7) is 16.4. The number of benzene rings is 1. The number of aliphatic hydroxyl groups excluding tert-OH is 1. The van der Waals surface area contributed by atoms with Crippen LogP contribution in [0.3, 0.4) is 0 Å². The van der Waals surface area contributed by atoms with Gasteiger partial charge in [0.1, 0.15) is 24.4 Å². The average Bonchev–Trinajstić information content (AvgIpc) is 4.08. The second-order valence-corrected chi connectivity index (χ2v) is 18.2. The smallest absolute Gasteiger partial charge is 0.426 e. The number of hydrazine groups is 1. The second-order valence-electron chi connectivity index (χ2n) is 18.2. The molecule has 13 nitrogen and oxygen atoms in total. The van der Waals surface area contributed by atoms with Gasteiger partial charge in [-0.1, -0.05) is 96.0 Å². The fourth-order valence-electron chi connectivity index (χ4n) is 8.84. The molecule has 0 saturated carbocycles. The molecule has 3 aliphatic heterocycles. The van der Waals surface area contributed by atoms with Crippen LogP contribution >= 0.6 is 0 Å². The average molecular weight is 917 g/mol. The maximum absolute atomic E-state index is 14.0. The van der Waals surface area contributed by atoms with E-state index in [1.165, 1.54) is 44.6 Å². The third kappa shape index (κ3) is 12.9. The van der Waals surface area contributed by atoms with Crippen LogP contribution in [-0.4, -0.2) is 90.9 Å². The van der Waals surface area contributed by atoms with Gasteiger partial charge in [-0.05, 0) is 55.9 Å². The first kappa shape index (κ1) is 53.1. The summed E-state index contributed by atoms with van der Waals surface area (Å²) in [7, 11) is 2.76. The minimum Gasteiger partial charge on any atom is -0.490 e. The van der Waals surface area contributed by atoms with Crippen LogP contribution in [0.5, 0.6) is 0 Å². The molecule has 3 aliphatic rings. The van der Waals surface area contributed by atoms with Crippen molar-refractivity contribution in [2.75, 3.05) is 14.2 Å². The molecule has 0 aromatic heterocycles. The minimum atomic E-state index is -4.63. The molecule has 2 fully saturated rings. The number of cyclic esters (lactones) is 1. The van der Waals surface area contributed by atoms with Crippen LogP contribution in [0.4, 0.5) is 13.2 Å². The van der Waals surface area contributed by atoms with Crippen molar-refractivity contribution < 1.29 is 66.2 Å². The first-order valence-electron chi connectivity index (χ1n) is 22.1. The Morgan fingerprint density at radius 2 is 1.68 bits per heavy atom. The number of hydrogen-bond acceptors (Lipinski definition) is 13. The molecule has 0 amide bonds. The number of carbonyl (C=O) groups excluding carboxylic acids is 3. The standard InChI is InChI=1S/C49H67F3N2O11/c1-13-14-18-40(55)63-43-30(6)23-28(4)16-15-17-37(60-11)44(64-46(58)38(61-12)25-29(5)24-31(43)7)33(9)41(56)34(10)47(59)26-39(32(8)42(65-47)27(2)3)62-45(57)35-19-21-36(22-20-35)48(53-54-48)49(50,51)52/h1,15-17,19-22,24-25,27,30-34,37,39,41-44,53-54,56,59H,14,18,23,26H2,2-12H3/b17-15+,28-16+,29-24+,38-25-/t30-,31+,32-,33-,34-,37-,39+,41+,42+,43-,44+,47+/m0/s1. The summed E-state index contributed by atoms with van der Waals surface area (Å²) in [5.74, 6) is -4.85. The van der Waals surface area contributed by atoms with Gasteiger partial charge in [0.05, 0.1) is 31.3 Å².